The predicted octanol–water partition coefficient (Wildman–Crippen LogP) is 3.82. The van der Waals surface area contributed by atoms with Crippen LogP contribution in [0.2, 0.25) is 10.0 Å². The van der Waals surface area contributed by atoms with E-state index in [4.69, 9.17) is 28.7 Å². The van der Waals surface area contributed by atoms with Crippen LogP contribution in [-0.2, 0) is 0 Å². The van der Waals surface area contributed by atoms with Gasteiger partial charge in [0, 0.05) is 17.0 Å². The van der Waals surface area contributed by atoms with Gasteiger partial charge >= 0.3 is 0 Å². The van der Waals surface area contributed by atoms with Gasteiger partial charge in [0.15, 0.2) is 0 Å². The molecular weight excluding hydrogens is 315 g/mol. The Morgan fingerprint density at radius 1 is 1.14 bits per heavy atom. The van der Waals surface area contributed by atoms with Gasteiger partial charge < -0.3 is 0 Å². The van der Waals surface area contributed by atoms with Gasteiger partial charge in [0.1, 0.15) is 0 Å². The lowest BCUT2D eigenvalue weighted by molar-refractivity contribution is 0.0587. The van der Waals surface area contributed by atoms with E-state index >= 15 is 0 Å². The van der Waals surface area contributed by atoms with Gasteiger partial charge in [0.25, 0.3) is 11.8 Å². The van der Waals surface area contributed by atoms with Crippen molar-refractivity contribution in [3.8, 4) is 0 Å². The number of halogens is 2. The van der Waals surface area contributed by atoms with E-state index in [1.807, 2.05) is 0 Å². The standard InChI is InChI=1S/C13H10Cl2N4O2/c14-10-4-8-9(5-11(10)15)13(21)19(12(8)20)7-2-1-6(3-7)17-18-16/h4-7H,1-3H2. The second-order valence-corrected chi connectivity index (χ2v) is 5.93. The highest BCUT2D eigenvalue weighted by Crippen LogP contribution is 2.36. The lowest BCUT2D eigenvalue weighted by atomic mass is 10.1. The second kappa shape index (κ2) is 5.22. The minimum Gasteiger partial charge on any atom is -0.271 e. The molecule has 21 heavy (non-hydrogen) atoms. The molecule has 2 atom stereocenters. The highest BCUT2D eigenvalue weighted by molar-refractivity contribution is 6.43. The average Bonchev–Trinajstić information content (AvgIpc) is 2.97. The third kappa shape index (κ3) is 2.25. The van der Waals surface area contributed by atoms with Gasteiger partial charge in [-0.2, -0.15) is 0 Å². The molecule has 8 heteroatoms. The second-order valence-electron chi connectivity index (χ2n) is 5.12. The van der Waals surface area contributed by atoms with Crippen molar-refractivity contribution in [2.45, 2.75) is 31.3 Å². The van der Waals surface area contributed by atoms with Gasteiger partial charge in [-0.05, 0) is 36.9 Å². The molecule has 1 aliphatic heterocycles. The third-order valence-electron chi connectivity index (χ3n) is 3.92. The van der Waals surface area contributed by atoms with Crippen LogP contribution in [0, 0.1) is 0 Å². The van der Waals surface area contributed by atoms with Crippen LogP contribution in [0.25, 0.3) is 10.4 Å². The Hall–Kier alpha value is -1.75. The Morgan fingerprint density at radius 2 is 1.71 bits per heavy atom. The van der Waals surface area contributed by atoms with Crippen molar-refractivity contribution in [1.82, 2.24) is 4.90 Å². The van der Waals surface area contributed by atoms with Crippen LogP contribution in [0.3, 0.4) is 0 Å². The largest absolute Gasteiger partial charge is 0.271 e. The number of benzene rings is 1. The summed E-state index contributed by atoms with van der Waals surface area (Å²) in [5, 5.41) is 4.16. The highest BCUT2D eigenvalue weighted by atomic mass is 35.5. The zero-order chi connectivity index (χ0) is 15.1. The fourth-order valence-corrected chi connectivity index (χ4v) is 3.26. The summed E-state index contributed by atoms with van der Waals surface area (Å²) >= 11 is 11.8. The first-order chi connectivity index (χ1) is 10.0. The SMILES string of the molecule is [N-]=[N+]=NC1CCC(N2C(=O)c3cc(Cl)c(Cl)cc3C2=O)C1. The molecule has 0 spiro atoms. The Labute approximate surface area is 130 Å². The van der Waals surface area contributed by atoms with Crippen molar-refractivity contribution in [2.24, 2.45) is 5.11 Å². The normalized spacial score (nSPS) is 24.2. The summed E-state index contributed by atoms with van der Waals surface area (Å²) in [4.78, 5) is 28.9. The molecule has 1 fully saturated rings. The summed E-state index contributed by atoms with van der Waals surface area (Å²) in [5.41, 5.74) is 9.03. The van der Waals surface area contributed by atoms with E-state index < -0.39 is 0 Å². The maximum absolute atomic E-state index is 12.4. The number of carbonyl (C=O) groups excluding carboxylic acids is 2. The minimum absolute atomic E-state index is 0.170. The number of hydrogen-bond donors (Lipinski definition) is 0. The minimum atomic E-state index is -0.361. The first kappa shape index (κ1) is 14.2. The van der Waals surface area contributed by atoms with Gasteiger partial charge in [-0.15, -0.1) is 0 Å². The zero-order valence-electron chi connectivity index (χ0n) is 10.8. The lowest BCUT2D eigenvalue weighted by Gasteiger charge is -2.21. The topological polar surface area (TPSA) is 86.1 Å². The van der Waals surface area contributed by atoms with Crippen LogP contribution in [-0.4, -0.2) is 28.8 Å². The van der Waals surface area contributed by atoms with Crippen molar-refractivity contribution >= 4 is 35.0 Å². The molecule has 1 heterocycles. The first-order valence-corrected chi connectivity index (χ1v) is 7.19. The fourth-order valence-electron chi connectivity index (χ4n) is 2.93. The molecule has 1 saturated carbocycles. The van der Waals surface area contributed by atoms with Crippen molar-refractivity contribution in [2.75, 3.05) is 0 Å². The molecule has 1 aromatic carbocycles. The Kier molecular flexibility index (Phi) is 3.53. The molecule has 3 rings (SSSR count). The van der Waals surface area contributed by atoms with Crippen molar-refractivity contribution < 1.29 is 9.59 Å². The Morgan fingerprint density at radius 3 is 2.24 bits per heavy atom. The number of rotatable bonds is 2. The summed E-state index contributed by atoms with van der Waals surface area (Å²) in [6, 6.07) is 2.44. The molecule has 0 N–H and O–H groups in total. The van der Waals surface area contributed by atoms with Gasteiger partial charge in [0.2, 0.25) is 0 Å². The number of nitrogens with zero attached hydrogens (tertiary/aromatic N) is 4. The molecule has 0 radical (unpaired) electrons. The van der Waals surface area contributed by atoms with E-state index in [-0.39, 0.29) is 45.1 Å². The maximum Gasteiger partial charge on any atom is 0.261 e. The molecular formula is C13H10Cl2N4O2. The van der Waals surface area contributed by atoms with Gasteiger partial charge in [-0.3, -0.25) is 14.5 Å². The van der Waals surface area contributed by atoms with E-state index in [2.05, 4.69) is 10.0 Å². The molecule has 2 unspecified atom stereocenters. The van der Waals surface area contributed by atoms with E-state index in [1.165, 1.54) is 17.0 Å². The van der Waals surface area contributed by atoms with Crippen LogP contribution in [0.1, 0.15) is 40.0 Å². The van der Waals surface area contributed by atoms with E-state index in [9.17, 15) is 9.59 Å². The van der Waals surface area contributed by atoms with Crippen LogP contribution < -0.4 is 0 Å². The van der Waals surface area contributed by atoms with Crippen LogP contribution in [0.5, 0.6) is 0 Å². The molecule has 2 aliphatic rings. The molecule has 0 bridgehead atoms. The highest BCUT2D eigenvalue weighted by Gasteiger charge is 2.42. The zero-order valence-corrected chi connectivity index (χ0v) is 12.3. The number of carbonyl (C=O) groups is 2. The summed E-state index contributed by atoms with van der Waals surface area (Å²) in [6.07, 6.45) is 1.80. The number of fused-ring (bicyclic) bond motifs is 1. The monoisotopic (exact) mass is 324 g/mol. The smallest absolute Gasteiger partial charge is 0.261 e. The van der Waals surface area contributed by atoms with Crippen molar-refractivity contribution in [3.63, 3.8) is 0 Å². The molecule has 1 aromatic rings. The first-order valence-electron chi connectivity index (χ1n) is 6.44. The van der Waals surface area contributed by atoms with Crippen LogP contribution >= 0.6 is 23.2 Å². The number of hydrogen-bond acceptors (Lipinski definition) is 3. The summed E-state index contributed by atoms with van der Waals surface area (Å²) in [5.74, 6) is -0.722. The molecule has 2 amide bonds. The van der Waals surface area contributed by atoms with Gasteiger partial charge in [0.05, 0.1) is 21.2 Å². The predicted molar refractivity (Wildman–Crippen MR) is 77.5 cm³/mol. The van der Waals surface area contributed by atoms with Crippen LogP contribution in [0.15, 0.2) is 17.2 Å². The lowest BCUT2D eigenvalue weighted by Crippen LogP contribution is -2.38. The van der Waals surface area contributed by atoms with Gasteiger partial charge in [-0.25, -0.2) is 0 Å². The third-order valence-corrected chi connectivity index (χ3v) is 4.64. The van der Waals surface area contributed by atoms with Crippen molar-refractivity contribution in [3.05, 3.63) is 43.7 Å². The quantitative estimate of drug-likeness (QED) is 0.358. The van der Waals surface area contributed by atoms with Crippen LogP contribution in [0.4, 0.5) is 0 Å². The number of imide groups is 1. The van der Waals surface area contributed by atoms with E-state index in [0.29, 0.717) is 19.3 Å². The molecule has 0 saturated heterocycles. The number of azide groups is 1. The maximum atomic E-state index is 12.4. The van der Waals surface area contributed by atoms with Crippen molar-refractivity contribution in [1.29, 1.82) is 0 Å². The Bertz CT molecular complexity index is 659. The average molecular weight is 325 g/mol. The molecule has 1 aliphatic carbocycles. The fraction of sp³-hybridized carbons (Fsp3) is 0.385. The summed E-state index contributed by atoms with van der Waals surface area (Å²) in [7, 11) is 0. The summed E-state index contributed by atoms with van der Waals surface area (Å²) in [6.45, 7) is 0. The number of amides is 2. The van der Waals surface area contributed by atoms with E-state index in [0.717, 1.165) is 0 Å². The molecule has 0 aromatic heterocycles. The Balaban J connectivity index is 1.92. The van der Waals surface area contributed by atoms with E-state index in [1.54, 1.807) is 0 Å². The molecule has 6 nitrogen and oxygen atoms in total. The molecule has 108 valence electrons. The summed E-state index contributed by atoms with van der Waals surface area (Å²) < 4.78 is 0. The van der Waals surface area contributed by atoms with Gasteiger partial charge in [-0.1, -0.05) is 28.3 Å².